The van der Waals surface area contributed by atoms with Crippen molar-refractivity contribution >= 4 is 0 Å². The van der Waals surface area contributed by atoms with Gasteiger partial charge >= 0.3 is 0 Å². The van der Waals surface area contributed by atoms with Crippen molar-refractivity contribution in [3.05, 3.63) is 28.8 Å². The van der Waals surface area contributed by atoms with Gasteiger partial charge in [0.1, 0.15) is 5.75 Å². The molecule has 0 aliphatic heterocycles. The molecule has 0 aromatic heterocycles. The van der Waals surface area contributed by atoms with Crippen LogP contribution in [0.3, 0.4) is 0 Å². The van der Waals surface area contributed by atoms with E-state index in [2.05, 4.69) is 13.0 Å². The van der Waals surface area contributed by atoms with Crippen LogP contribution in [0.2, 0.25) is 0 Å². The second-order valence-corrected chi connectivity index (χ2v) is 4.80. The van der Waals surface area contributed by atoms with Crippen molar-refractivity contribution in [1.29, 1.82) is 0 Å². The highest BCUT2D eigenvalue weighted by Crippen LogP contribution is 2.30. The smallest absolute Gasteiger partial charge is 0.122 e. The van der Waals surface area contributed by atoms with E-state index < -0.39 is 0 Å². The van der Waals surface area contributed by atoms with Crippen LogP contribution in [0.15, 0.2) is 12.1 Å². The Balaban J connectivity index is 3.09. The van der Waals surface area contributed by atoms with Gasteiger partial charge in [-0.05, 0) is 49.9 Å². The number of hydrogen-bond donors (Lipinski definition) is 1. The van der Waals surface area contributed by atoms with Crippen molar-refractivity contribution in [3.63, 3.8) is 0 Å². The Labute approximate surface area is 104 Å². The summed E-state index contributed by atoms with van der Waals surface area (Å²) in [5, 5.41) is 0. The van der Waals surface area contributed by atoms with Crippen molar-refractivity contribution in [3.8, 4) is 5.75 Å². The largest absolute Gasteiger partial charge is 0.496 e. The summed E-state index contributed by atoms with van der Waals surface area (Å²) in [4.78, 5) is 0. The van der Waals surface area contributed by atoms with Crippen LogP contribution in [0.4, 0.5) is 0 Å². The van der Waals surface area contributed by atoms with Crippen LogP contribution in [0.1, 0.15) is 30.0 Å². The van der Waals surface area contributed by atoms with E-state index in [1.54, 1.807) is 14.2 Å². The average molecular weight is 237 g/mol. The van der Waals surface area contributed by atoms with Crippen LogP contribution >= 0.6 is 0 Å². The molecule has 0 fully saturated rings. The van der Waals surface area contributed by atoms with Gasteiger partial charge in [-0.1, -0.05) is 6.07 Å². The lowest BCUT2D eigenvalue weighted by atomic mass is 9.86. The number of benzene rings is 1. The van der Waals surface area contributed by atoms with Gasteiger partial charge in [0.2, 0.25) is 0 Å². The standard InChI is InChI=1S/C14H23NO2/c1-10-9-13(17-5)11(2)8-12(10)14(3,15)6-7-16-4/h8-9H,6-7,15H2,1-5H3. The van der Waals surface area contributed by atoms with Crippen LogP contribution in [0, 0.1) is 13.8 Å². The Kier molecular flexibility index (Phi) is 4.54. The molecule has 96 valence electrons. The Morgan fingerprint density at radius 2 is 1.82 bits per heavy atom. The summed E-state index contributed by atoms with van der Waals surface area (Å²) in [6, 6.07) is 4.16. The summed E-state index contributed by atoms with van der Waals surface area (Å²) >= 11 is 0. The molecule has 1 unspecified atom stereocenters. The van der Waals surface area contributed by atoms with Crippen molar-refractivity contribution in [1.82, 2.24) is 0 Å². The second kappa shape index (κ2) is 5.52. The maximum atomic E-state index is 6.36. The Morgan fingerprint density at radius 3 is 2.35 bits per heavy atom. The SMILES string of the molecule is COCCC(C)(N)c1cc(C)c(OC)cc1C. The van der Waals surface area contributed by atoms with Gasteiger partial charge in [-0.3, -0.25) is 0 Å². The summed E-state index contributed by atoms with van der Waals surface area (Å²) in [6.07, 6.45) is 0.802. The normalized spacial score (nSPS) is 14.5. The zero-order chi connectivity index (χ0) is 13.1. The lowest BCUT2D eigenvalue weighted by Gasteiger charge is -2.27. The Hall–Kier alpha value is -1.06. The highest BCUT2D eigenvalue weighted by Gasteiger charge is 2.23. The zero-order valence-electron chi connectivity index (χ0n) is 11.5. The molecule has 0 aliphatic rings. The molecule has 1 aromatic carbocycles. The van der Waals surface area contributed by atoms with E-state index in [1.807, 2.05) is 19.9 Å². The molecule has 1 atom stereocenters. The van der Waals surface area contributed by atoms with E-state index in [-0.39, 0.29) is 5.54 Å². The first-order valence-electron chi connectivity index (χ1n) is 5.86. The second-order valence-electron chi connectivity index (χ2n) is 4.80. The summed E-state index contributed by atoms with van der Waals surface area (Å²) in [5.41, 5.74) is 9.43. The minimum absolute atomic E-state index is 0.364. The number of ether oxygens (including phenoxy) is 2. The molecule has 0 spiro atoms. The fourth-order valence-corrected chi connectivity index (χ4v) is 2.07. The van der Waals surface area contributed by atoms with Crippen LogP contribution in [-0.4, -0.2) is 20.8 Å². The van der Waals surface area contributed by atoms with E-state index in [1.165, 1.54) is 0 Å². The van der Waals surface area contributed by atoms with Crippen molar-refractivity contribution < 1.29 is 9.47 Å². The molecule has 0 aliphatic carbocycles. The summed E-state index contributed by atoms with van der Waals surface area (Å²) in [5.74, 6) is 0.911. The quantitative estimate of drug-likeness (QED) is 0.856. The third-order valence-corrected chi connectivity index (χ3v) is 3.18. The average Bonchev–Trinajstić information content (AvgIpc) is 2.28. The van der Waals surface area contributed by atoms with Gasteiger partial charge in [0.15, 0.2) is 0 Å². The highest BCUT2D eigenvalue weighted by atomic mass is 16.5. The van der Waals surface area contributed by atoms with Crippen molar-refractivity contribution in [2.24, 2.45) is 5.73 Å². The van der Waals surface area contributed by atoms with Crippen LogP contribution in [0.25, 0.3) is 0 Å². The molecule has 0 heterocycles. The molecule has 1 aromatic rings. The Morgan fingerprint density at radius 1 is 1.18 bits per heavy atom. The first kappa shape index (κ1) is 14.0. The molecule has 17 heavy (non-hydrogen) atoms. The molecule has 1 rings (SSSR count). The number of methoxy groups -OCH3 is 2. The van der Waals surface area contributed by atoms with Gasteiger partial charge in [0, 0.05) is 19.3 Å². The molecule has 0 amide bonds. The van der Waals surface area contributed by atoms with Crippen LogP contribution < -0.4 is 10.5 Å². The maximum absolute atomic E-state index is 6.36. The topological polar surface area (TPSA) is 44.5 Å². The van der Waals surface area contributed by atoms with Crippen LogP contribution in [0.5, 0.6) is 5.75 Å². The fourth-order valence-electron chi connectivity index (χ4n) is 2.07. The van der Waals surface area contributed by atoms with E-state index in [0.29, 0.717) is 6.61 Å². The zero-order valence-corrected chi connectivity index (χ0v) is 11.5. The monoisotopic (exact) mass is 237 g/mol. The van der Waals surface area contributed by atoms with Crippen LogP contribution in [-0.2, 0) is 10.3 Å². The highest BCUT2D eigenvalue weighted by molar-refractivity contribution is 5.44. The first-order chi connectivity index (χ1) is 7.92. The molecule has 2 N–H and O–H groups in total. The molecule has 3 heteroatoms. The van der Waals surface area contributed by atoms with Crippen molar-refractivity contribution in [2.75, 3.05) is 20.8 Å². The van der Waals surface area contributed by atoms with Gasteiger partial charge in [0.05, 0.1) is 7.11 Å². The van der Waals surface area contributed by atoms with E-state index in [9.17, 15) is 0 Å². The number of hydrogen-bond acceptors (Lipinski definition) is 3. The number of rotatable bonds is 5. The molecular weight excluding hydrogens is 214 g/mol. The van der Waals surface area contributed by atoms with Gasteiger partial charge < -0.3 is 15.2 Å². The molecule has 0 bridgehead atoms. The lowest BCUT2D eigenvalue weighted by Crippen LogP contribution is -2.35. The van der Waals surface area contributed by atoms with E-state index >= 15 is 0 Å². The third-order valence-electron chi connectivity index (χ3n) is 3.18. The lowest BCUT2D eigenvalue weighted by molar-refractivity contribution is 0.172. The number of aryl methyl sites for hydroxylation is 2. The predicted molar refractivity (Wildman–Crippen MR) is 70.5 cm³/mol. The fraction of sp³-hybridized carbons (Fsp3) is 0.571. The molecular formula is C14H23NO2. The molecule has 0 saturated carbocycles. The van der Waals surface area contributed by atoms with Gasteiger partial charge in [-0.2, -0.15) is 0 Å². The minimum Gasteiger partial charge on any atom is -0.496 e. The summed E-state index contributed by atoms with van der Waals surface area (Å²) in [6.45, 7) is 6.81. The first-order valence-corrected chi connectivity index (χ1v) is 5.86. The molecule has 0 radical (unpaired) electrons. The minimum atomic E-state index is -0.364. The predicted octanol–water partition coefficient (Wildman–Crippen LogP) is 2.52. The van der Waals surface area contributed by atoms with Gasteiger partial charge in [-0.25, -0.2) is 0 Å². The third kappa shape index (κ3) is 3.20. The van der Waals surface area contributed by atoms with Gasteiger partial charge in [0.25, 0.3) is 0 Å². The van der Waals surface area contributed by atoms with E-state index in [4.69, 9.17) is 15.2 Å². The number of nitrogens with two attached hydrogens (primary N) is 1. The maximum Gasteiger partial charge on any atom is 0.122 e. The van der Waals surface area contributed by atoms with Crippen molar-refractivity contribution in [2.45, 2.75) is 32.7 Å². The summed E-state index contributed by atoms with van der Waals surface area (Å²) < 4.78 is 10.4. The van der Waals surface area contributed by atoms with Gasteiger partial charge in [-0.15, -0.1) is 0 Å². The van der Waals surface area contributed by atoms with E-state index in [0.717, 1.165) is 28.9 Å². The molecule has 3 nitrogen and oxygen atoms in total. The molecule has 0 saturated heterocycles. The Bertz CT molecular complexity index is 386. The summed E-state index contributed by atoms with van der Waals surface area (Å²) in [7, 11) is 3.39.